The SMILES string of the molecule is Cc1ccc(C)c(C(=O)NC(C)c2nc3ccccc3o2)c1. The van der Waals surface area contributed by atoms with Crippen molar-refractivity contribution in [1.82, 2.24) is 10.3 Å². The van der Waals surface area contributed by atoms with Gasteiger partial charge in [0.25, 0.3) is 5.91 Å². The minimum Gasteiger partial charge on any atom is -0.438 e. The van der Waals surface area contributed by atoms with Crippen LogP contribution in [0.4, 0.5) is 0 Å². The summed E-state index contributed by atoms with van der Waals surface area (Å²) < 4.78 is 5.69. The number of carbonyl (C=O) groups is 1. The third-order valence-corrected chi connectivity index (χ3v) is 3.67. The predicted octanol–water partition coefficient (Wildman–Crippen LogP) is 3.94. The Kier molecular flexibility index (Phi) is 3.67. The van der Waals surface area contributed by atoms with Crippen molar-refractivity contribution in [3.8, 4) is 0 Å². The van der Waals surface area contributed by atoms with Crippen molar-refractivity contribution in [2.24, 2.45) is 0 Å². The highest BCUT2D eigenvalue weighted by Gasteiger charge is 2.17. The lowest BCUT2D eigenvalue weighted by Crippen LogP contribution is -2.27. The van der Waals surface area contributed by atoms with E-state index in [2.05, 4.69) is 10.3 Å². The van der Waals surface area contributed by atoms with Gasteiger partial charge in [0.1, 0.15) is 11.6 Å². The second kappa shape index (κ2) is 5.64. The summed E-state index contributed by atoms with van der Waals surface area (Å²) in [5, 5.41) is 2.95. The van der Waals surface area contributed by atoms with Crippen LogP contribution in [-0.2, 0) is 0 Å². The molecule has 112 valence electrons. The van der Waals surface area contributed by atoms with Crippen molar-refractivity contribution in [2.75, 3.05) is 0 Å². The molecule has 0 saturated heterocycles. The molecule has 0 fully saturated rings. The maximum Gasteiger partial charge on any atom is 0.252 e. The molecule has 1 atom stereocenters. The van der Waals surface area contributed by atoms with Gasteiger partial charge in [-0.15, -0.1) is 0 Å². The molecule has 1 aromatic heterocycles. The fraction of sp³-hybridized carbons (Fsp3) is 0.222. The first-order chi connectivity index (χ1) is 10.5. The van der Waals surface area contributed by atoms with Gasteiger partial charge in [0, 0.05) is 5.56 Å². The third-order valence-electron chi connectivity index (χ3n) is 3.67. The molecule has 4 heteroatoms. The molecule has 1 unspecified atom stereocenters. The van der Waals surface area contributed by atoms with Crippen molar-refractivity contribution in [2.45, 2.75) is 26.8 Å². The van der Waals surface area contributed by atoms with Gasteiger partial charge >= 0.3 is 0 Å². The Bertz CT molecular complexity index is 803. The Morgan fingerprint density at radius 2 is 1.95 bits per heavy atom. The molecule has 1 amide bonds. The number of rotatable bonds is 3. The number of para-hydroxylation sites is 2. The van der Waals surface area contributed by atoms with Crippen LogP contribution in [0.3, 0.4) is 0 Å². The van der Waals surface area contributed by atoms with E-state index >= 15 is 0 Å². The summed E-state index contributed by atoms with van der Waals surface area (Å²) in [6.07, 6.45) is 0. The van der Waals surface area contributed by atoms with Crippen LogP contribution >= 0.6 is 0 Å². The average Bonchev–Trinajstić information content (AvgIpc) is 2.93. The van der Waals surface area contributed by atoms with Crippen molar-refractivity contribution < 1.29 is 9.21 Å². The number of oxazole rings is 1. The summed E-state index contributed by atoms with van der Waals surface area (Å²) >= 11 is 0. The van der Waals surface area contributed by atoms with Crippen LogP contribution in [0.15, 0.2) is 46.9 Å². The van der Waals surface area contributed by atoms with Crippen LogP contribution in [0.5, 0.6) is 0 Å². The minimum atomic E-state index is -0.292. The highest BCUT2D eigenvalue weighted by molar-refractivity contribution is 5.96. The van der Waals surface area contributed by atoms with Gasteiger partial charge in [-0.25, -0.2) is 4.98 Å². The van der Waals surface area contributed by atoms with E-state index < -0.39 is 0 Å². The first-order valence-corrected chi connectivity index (χ1v) is 7.28. The quantitative estimate of drug-likeness (QED) is 0.796. The van der Waals surface area contributed by atoms with Gasteiger partial charge in [0.05, 0.1) is 0 Å². The number of fused-ring (bicyclic) bond motifs is 1. The van der Waals surface area contributed by atoms with E-state index in [4.69, 9.17) is 4.42 Å². The van der Waals surface area contributed by atoms with Gasteiger partial charge in [-0.3, -0.25) is 4.79 Å². The molecule has 22 heavy (non-hydrogen) atoms. The summed E-state index contributed by atoms with van der Waals surface area (Å²) in [6.45, 7) is 5.77. The number of aromatic nitrogens is 1. The van der Waals surface area contributed by atoms with E-state index in [1.54, 1.807) is 0 Å². The Morgan fingerprint density at radius 1 is 1.18 bits per heavy atom. The van der Waals surface area contributed by atoms with Crippen LogP contribution in [0.25, 0.3) is 11.1 Å². The molecule has 1 heterocycles. The van der Waals surface area contributed by atoms with E-state index in [1.165, 1.54) is 0 Å². The second-order valence-corrected chi connectivity index (χ2v) is 5.53. The van der Waals surface area contributed by atoms with E-state index in [-0.39, 0.29) is 11.9 Å². The van der Waals surface area contributed by atoms with Gasteiger partial charge in [-0.2, -0.15) is 0 Å². The van der Waals surface area contributed by atoms with Gasteiger partial charge in [-0.05, 0) is 44.5 Å². The number of benzene rings is 2. The zero-order valence-electron chi connectivity index (χ0n) is 12.9. The first-order valence-electron chi connectivity index (χ1n) is 7.28. The number of carbonyl (C=O) groups excluding carboxylic acids is 1. The average molecular weight is 294 g/mol. The van der Waals surface area contributed by atoms with Crippen molar-refractivity contribution in [1.29, 1.82) is 0 Å². The Hall–Kier alpha value is -2.62. The van der Waals surface area contributed by atoms with Gasteiger partial charge in [-0.1, -0.05) is 29.8 Å². The molecule has 0 saturated carbocycles. The predicted molar refractivity (Wildman–Crippen MR) is 85.8 cm³/mol. The normalized spacial score (nSPS) is 12.3. The van der Waals surface area contributed by atoms with Crippen molar-refractivity contribution in [3.05, 3.63) is 65.0 Å². The number of aryl methyl sites for hydroxylation is 2. The van der Waals surface area contributed by atoms with E-state index in [9.17, 15) is 4.79 Å². The maximum absolute atomic E-state index is 12.4. The standard InChI is InChI=1S/C18H18N2O2/c1-11-8-9-12(2)14(10-11)17(21)19-13(3)18-20-15-6-4-5-7-16(15)22-18/h4-10,13H,1-3H3,(H,19,21). The molecule has 4 nitrogen and oxygen atoms in total. The largest absolute Gasteiger partial charge is 0.438 e. The van der Waals surface area contributed by atoms with Crippen LogP contribution in [0.2, 0.25) is 0 Å². The Labute approximate surface area is 129 Å². The lowest BCUT2D eigenvalue weighted by molar-refractivity contribution is 0.0934. The van der Waals surface area contributed by atoms with Crippen LogP contribution < -0.4 is 5.32 Å². The lowest BCUT2D eigenvalue weighted by atomic mass is 10.0. The molecule has 0 spiro atoms. The van der Waals surface area contributed by atoms with Gasteiger partial charge < -0.3 is 9.73 Å². The smallest absolute Gasteiger partial charge is 0.252 e. The number of hydrogen-bond donors (Lipinski definition) is 1. The molecule has 3 rings (SSSR count). The van der Waals surface area contributed by atoms with Crippen molar-refractivity contribution in [3.63, 3.8) is 0 Å². The van der Waals surface area contributed by atoms with Gasteiger partial charge in [0.15, 0.2) is 5.58 Å². The fourth-order valence-electron chi connectivity index (χ4n) is 2.39. The first kappa shape index (κ1) is 14.3. The summed E-state index contributed by atoms with van der Waals surface area (Å²) in [5.74, 6) is 0.399. The monoisotopic (exact) mass is 294 g/mol. The van der Waals surface area contributed by atoms with E-state index in [0.29, 0.717) is 11.5 Å². The molecular weight excluding hydrogens is 276 g/mol. The molecule has 0 radical (unpaired) electrons. The van der Waals surface area contributed by atoms with E-state index in [0.717, 1.165) is 22.2 Å². The summed E-state index contributed by atoms with van der Waals surface area (Å²) in [7, 11) is 0. The molecule has 3 aromatic rings. The van der Waals surface area contributed by atoms with Gasteiger partial charge in [0.2, 0.25) is 5.89 Å². The third kappa shape index (κ3) is 2.72. The number of amides is 1. The van der Waals surface area contributed by atoms with Crippen LogP contribution in [0, 0.1) is 13.8 Å². The zero-order valence-corrected chi connectivity index (χ0v) is 12.9. The lowest BCUT2D eigenvalue weighted by Gasteiger charge is -2.12. The number of hydrogen-bond acceptors (Lipinski definition) is 3. The highest BCUT2D eigenvalue weighted by Crippen LogP contribution is 2.20. The molecule has 1 N–H and O–H groups in total. The Balaban J connectivity index is 1.82. The van der Waals surface area contributed by atoms with E-state index in [1.807, 2.05) is 63.2 Å². The summed E-state index contributed by atoms with van der Waals surface area (Å²) in [4.78, 5) is 16.9. The molecule has 2 aromatic carbocycles. The minimum absolute atomic E-state index is 0.115. The van der Waals surface area contributed by atoms with Crippen LogP contribution in [-0.4, -0.2) is 10.9 Å². The summed E-state index contributed by atoms with van der Waals surface area (Å²) in [6, 6.07) is 13.1. The zero-order chi connectivity index (χ0) is 15.7. The fourth-order valence-corrected chi connectivity index (χ4v) is 2.39. The molecule has 0 aliphatic carbocycles. The Morgan fingerprint density at radius 3 is 2.73 bits per heavy atom. The maximum atomic E-state index is 12.4. The summed E-state index contributed by atoms with van der Waals surface area (Å²) in [5.41, 5.74) is 4.22. The van der Waals surface area contributed by atoms with Crippen molar-refractivity contribution >= 4 is 17.0 Å². The number of nitrogens with one attached hydrogen (secondary N) is 1. The topological polar surface area (TPSA) is 55.1 Å². The molecule has 0 bridgehead atoms. The molecule has 0 aliphatic heterocycles. The van der Waals surface area contributed by atoms with Crippen LogP contribution in [0.1, 0.15) is 40.3 Å². The molecular formula is C18H18N2O2. The molecule has 0 aliphatic rings. The number of nitrogens with zero attached hydrogens (tertiary/aromatic N) is 1. The second-order valence-electron chi connectivity index (χ2n) is 5.53. The highest BCUT2D eigenvalue weighted by atomic mass is 16.3.